The van der Waals surface area contributed by atoms with Gasteiger partial charge < -0.3 is 10.3 Å². The fraction of sp³-hybridized carbons (Fsp3) is 0.667. The van der Waals surface area contributed by atoms with Crippen LogP contribution in [0.4, 0.5) is 11.6 Å². The smallest absolute Gasteiger partial charge is 0.148 e. The van der Waals surface area contributed by atoms with Crippen molar-refractivity contribution in [1.29, 1.82) is 0 Å². The Morgan fingerprint density at radius 1 is 1.41 bits per heavy atom. The zero-order valence-electron chi connectivity index (χ0n) is 11.2. The molecule has 0 saturated carbocycles. The molecule has 1 rings (SSSR count). The summed E-state index contributed by atoms with van der Waals surface area (Å²) in [7, 11) is 2.07. The Labute approximate surface area is 103 Å². The molecule has 1 unspecified atom stereocenters. The number of hydrazine groups is 1. The summed E-state index contributed by atoms with van der Waals surface area (Å²) in [5, 5.41) is 0. The van der Waals surface area contributed by atoms with Crippen molar-refractivity contribution in [2.45, 2.75) is 46.1 Å². The van der Waals surface area contributed by atoms with E-state index in [-0.39, 0.29) is 0 Å². The number of nitrogens with one attached hydrogen (secondary N) is 1. The van der Waals surface area contributed by atoms with Gasteiger partial charge in [-0.25, -0.2) is 15.8 Å². The number of aromatic nitrogens is 2. The van der Waals surface area contributed by atoms with Crippen molar-refractivity contribution in [2.24, 2.45) is 5.84 Å². The van der Waals surface area contributed by atoms with Gasteiger partial charge in [-0.05, 0) is 19.8 Å². The summed E-state index contributed by atoms with van der Waals surface area (Å²) in [5.41, 5.74) is 3.75. The standard InChI is InChI=1S/C12H23N5/c1-5-7-10-11(16-13)14-8-15-12(10)17(4)9(3)6-2/h8-9H,5-7,13H2,1-4H3,(H,14,15,16). The molecule has 1 heterocycles. The highest BCUT2D eigenvalue weighted by atomic mass is 15.3. The number of nitrogens with zero attached hydrogens (tertiary/aromatic N) is 3. The van der Waals surface area contributed by atoms with Crippen LogP contribution in [0.1, 0.15) is 39.2 Å². The van der Waals surface area contributed by atoms with Gasteiger partial charge in [0.2, 0.25) is 0 Å². The first kappa shape index (κ1) is 13.7. The number of rotatable bonds is 6. The summed E-state index contributed by atoms with van der Waals surface area (Å²) in [6.45, 7) is 6.50. The molecule has 0 aliphatic rings. The Hall–Kier alpha value is -1.36. The summed E-state index contributed by atoms with van der Waals surface area (Å²) in [4.78, 5) is 10.8. The zero-order valence-corrected chi connectivity index (χ0v) is 11.2. The number of anilines is 2. The van der Waals surface area contributed by atoms with Crippen molar-refractivity contribution in [2.75, 3.05) is 17.4 Å². The second-order valence-electron chi connectivity index (χ2n) is 4.29. The highest BCUT2D eigenvalue weighted by Crippen LogP contribution is 2.25. The molecule has 1 aromatic rings. The van der Waals surface area contributed by atoms with E-state index in [1.807, 2.05) is 0 Å². The molecule has 5 nitrogen and oxygen atoms in total. The van der Waals surface area contributed by atoms with Crippen LogP contribution in [-0.2, 0) is 6.42 Å². The van der Waals surface area contributed by atoms with Crippen molar-refractivity contribution in [3.63, 3.8) is 0 Å². The molecule has 1 aromatic heterocycles. The maximum absolute atomic E-state index is 5.50. The number of hydrogen-bond acceptors (Lipinski definition) is 5. The van der Waals surface area contributed by atoms with E-state index in [9.17, 15) is 0 Å². The molecule has 0 radical (unpaired) electrons. The van der Waals surface area contributed by atoms with Crippen molar-refractivity contribution in [3.8, 4) is 0 Å². The van der Waals surface area contributed by atoms with Crippen LogP contribution in [0.25, 0.3) is 0 Å². The van der Waals surface area contributed by atoms with Crippen molar-refractivity contribution in [1.82, 2.24) is 9.97 Å². The van der Waals surface area contributed by atoms with Gasteiger partial charge >= 0.3 is 0 Å². The van der Waals surface area contributed by atoms with Crippen LogP contribution in [-0.4, -0.2) is 23.1 Å². The predicted molar refractivity (Wildman–Crippen MR) is 72.0 cm³/mol. The van der Waals surface area contributed by atoms with Crippen LogP contribution in [0.5, 0.6) is 0 Å². The first-order valence-electron chi connectivity index (χ1n) is 6.18. The van der Waals surface area contributed by atoms with Gasteiger partial charge in [0, 0.05) is 18.7 Å². The first-order chi connectivity index (χ1) is 8.15. The van der Waals surface area contributed by atoms with Gasteiger partial charge in [-0.3, -0.25) is 0 Å². The Morgan fingerprint density at radius 2 is 2.12 bits per heavy atom. The Balaban J connectivity index is 3.12. The minimum Gasteiger partial charge on any atom is -0.357 e. The van der Waals surface area contributed by atoms with Gasteiger partial charge in [-0.1, -0.05) is 20.3 Å². The summed E-state index contributed by atoms with van der Waals surface area (Å²) in [6.07, 6.45) is 4.61. The van der Waals surface area contributed by atoms with Gasteiger partial charge in [0.05, 0.1) is 0 Å². The lowest BCUT2D eigenvalue weighted by atomic mass is 10.1. The van der Waals surface area contributed by atoms with Gasteiger partial charge in [0.25, 0.3) is 0 Å². The number of nitrogen functional groups attached to an aromatic ring is 1. The highest BCUT2D eigenvalue weighted by Gasteiger charge is 2.16. The SMILES string of the molecule is CCCc1c(NN)ncnc1N(C)C(C)CC. The molecule has 0 aliphatic heterocycles. The van der Waals surface area contributed by atoms with E-state index in [0.29, 0.717) is 6.04 Å². The molecule has 1 atom stereocenters. The van der Waals surface area contributed by atoms with E-state index in [1.165, 1.54) is 0 Å². The van der Waals surface area contributed by atoms with Crippen molar-refractivity contribution < 1.29 is 0 Å². The topological polar surface area (TPSA) is 67.1 Å². The second kappa shape index (κ2) is 6.39. The van der Waals surface area contributed by atoms with Crippen LogP contribution in [0, 0.1) is 0 Å². The third-order valence-electron chi connectivity index (χ3n) is 3.15. The third kappa shape index (κ3) is 3.06. The molecule has 0 saturated heterocycles. The van der Waals surface area contributed by atoms with Crippen LogP contribution in [0.15, 0.2) is 6.33 Å². The van der Waals surface area contributed by atoms with Gasteiger partial charge in [0.1, 0.15) is 18.0 Å². The van der Waals surface area contributed by atoms with Gasteiger partial charge in [-0.15, -0.1) is 0 Å². The van der Waals surface area contributed by atoms with E-state index in [2.05, 4.69) is 48.1 Å². The molecule has 0 fully saturated rings. The maximum Gasteiger partial charge on any atom is 0.148 e. The van der Waals surface area contributed by atoms with Crippen molar-refractivity contribution in [3.05, 3.63) is 11.9 Å². The fourth-order valence-electron chi connectivity index (χ4n) is 1.79. The summed E-state index contributed by atoms with van der Waals surface area (Å²) < 4.78 is 0. The average Bonchev–Trinajstić information content (AvgIpc) is 2.37. The first-order valence-corrected chi connectivity index (χ1v) is 6.18. The van der Waals surface area contributed by atoms with E-state index in [0.717, 1.165) is 36.5 Å². The average molecular weight is 237 g/mol. The normalized spacial score (nSPS) is 12.3. The molecule has 17 heavy (non-hydrogen) atoms. The zero-order chi connectivity index (χ0) is 12.8. The van der Waals surface area contributed by atoms with E-state index in [4.69, 9.17) is 5.84 Å². The highest BCUT2D eigenvalue weighted by molar-refractivity contribution is 5.58. The Morgan fingerprint density at radius 3 is 2.65 bits per heavy atom. The van der Waals surface area contributed by atoms with Gasteiger partial charge in [0.15, 0.2) is 0 Å². The number of nitrogens with two attached hydrogens (primary N) is 1. The van der Waals surface area contributed by atoms with Gasteiger partial charge in [-0.2, -0.15) is 0 Å². The number of hydrogen-bond donors (Lipinski definition) is 2. The molecule has 0 spiro atoms. The molecule has 5 heteroatoms. The van der Waals surface area contributed by atoms with Crippen LogP contribution < -0.4 is 16.2 Å². The quantitative estimate of drug-likeness (QED) is 0.584. The molecule has 0 amide bonds. The lowest BCUT2D eigenvalue weighted by Gasteiger charge is -2.27. The minimum atomic E-state index is 0.450. The fourth-order valence-corrected chi connectivity index (χ4v) is 1.79. The Kier molecular flexibility index (Phi) is 5.15. The monoisotopic (exact) mass is 237 g/mol. The van der Waals surface area contributed by atoms with E-state index < -0.39 is 0 Å². The maximum atomic E-state index is 5.50. The third-order valence-corrected chi connectivity index (χ3v) is 3.15. The van der Waals surface area contributed by atoms with E-state index >= 15 is 0 Å². The van der Waals surface area contributed by atoms with Crippen LogP contribution >= 0.6 is 0 Å². The van der Waals surface area contributed by atoms with Crippen LogP contribution in [0.2, 0.25) is 0 Å². The minimum absolute atomic E-state index is 0.450. The van der Waals surface area contributed by atoms with Crippen LogP contribution in [0.3, 0.4) is 0 Å². The second-order valence-corrected chi connectivity index (χ2v) is 4.29. The van der Waals surface area contributed by atoms with E-state index in [1.54, 1.807) is 6.33 Å². The summed E-state index contributed by atoms with van der Waals surface area (Å²) in [6, 6.07) is 0.450. The van der Waals surface area contributed by atoms with Crippen molar-refractivity contribution >= 4 is 11.6 Å². The molecule has 3 N–H and O–H groups in total. The molecule has 96 valence electrons. The molecule has 0 aliphatic carbocycles. The molecule has 0 bridgehead atoms. The summed E-state index contributed by atoms with van der Waals surface area (Å²) >= 11 is 0. The summed E-state index contributed by atoms with van der Waals surface area (Å²) in [5.74, 6) is 7.20. The largest absolute Gasteiger partial charge is 0.357 e. The predicted octanol–water partition coefficient (Wildman–Crippen LogP) is 1.95. The lowest BCUT2D eigenvalue weighted by Crippen LogP contribution is -2.30. The molecular weight excluding hydrogens is 214 g/mol. The molecule has 0 aromatic carbocycles. The molecular formula is C12H23N5. The lowest BCUT2D eigenvalue weighted by molar-refractivity contribution is 0.651. The Bertz CT molecular complexity index is 353.